The van der Waals surface area contributed by atoms with Crippen molar-refractivity contribution in [2.45, 2.75) is 309 Å². The van der Waals surface area contributed by atoms with Crippen molar-refractivity contribution in [3.05, 3.63) is 69.8 Å². The van der Waals surface area contributed by atoms with Crippen molar-refractivity contribution in [2.75, 3.05) is 33.2 Å². The third-order valence-corrected chi connectivity index (χ3v) is 19.8. The molecule has 1 atom stereocenters. The van der Waals surface area contributed by atoms with Gasteiger partial charge in [-0.25, -0.2) is 16.0 Å². The first kappa shape index (κ1) is 70.9. The van der Waals surface area contributed by atoms with E-state index in [0.717, 1.165) is 93.4 Å². The number of phenolic OH excluding ortho intramolecular Hbond substituents is 3. The fraction of sp³-hybridized carbons (Fsp3) is 0.739. The summed E-state index contributed by atoms with van der Waals surface area (Å²) in [5, 5.41) is 61.4. The first-order valence-corrected chi connectivity index (χ1v) is 34.7. The molecule has 3 aromatic rings. The van der Waals surface area contributed by atoms with Crippen LogP contribution in [0.1, 0.15) is 294 Å². The van der Waals surface area contributed by atoms with Crippen LogP contribution in [0.3, 0.4) is 0 Å². The van der Waals surface area contributed by atoms with E-state index in [1.54, 1.807) is 0 Å². The van der Waals surface area contributed by atoms with Crippen LogP contribution in [0, 0.1) is 0 Å². The highest BCUT2D eigenvalue weighted by molar-refractivity contribution is 8.18. The number of hydrogen-bond donors (Lipinski definition) is 9. The molecule has 9 nitrogen and oxygen atoms in total. The summed E-state index contributed by atoms with van der Waals surface area (Å²) in [6.07, 6.45) is 21.6. The molecule has 1 aliphatic heterocycles. The van der Waals surface area contributed by atoms with E-state index >= 15 is 0 Å². The monoisotopic (exact) mass is 1180 g/mol. The number of hydrogen-bond acceptors (Lipinski definition) is 12. The van der Waals surface area contributed by atoms with Crippen molar-refractivity contribution in [3.8, 4) is 17.2 Å². The summed E-state index contributed by atoms with van der Waals surface area (Å²) >= 11 is 5.82. The maximum Gasteiger partial charge on any atom is 0.230 e. The van der Waals surface area contributed by atoms with E-state index in [0.29, 0.717) is 17.2 Å². The van der Waals surface area contributed by atoms with E-state index in [4.69, 9.17) is 0 Å². The fourth-order valence-corrected chi connectivity index (χ4v) is 15.3. The van der Waals surface area contributed by atoms with Gasteiger partial charge < -0.3 is 31.3 Å². The van der Waals surface area contributed by atoms with Gasteiger partial charge in [-0.15, -0.1) is 35.3 Å². The molecule has 1 fully saturated rings. The van der Waals surface area contributed by atoms with Crippen molar-refractivity contribution >= 4 is 52.3 Å². The molecule has 4 rings (SSSR count). The van der Waals surface area contributed by atoms with Crippen LogP contribution in [0.5, 0.6) is 17.2 Å². The molecule has 1 aliphatic rings. The quantitative estimate of drug-likeness (QED) is 0.0179. The fourth-order valence-electron chi connectivity index (χ4n) is 10.8. The standard InChI is InChI=1S/C69H120N6O3S3/c1-22-25-28-31-34-37-40-79-68(72-51-47-56(65(16,17)18)60(78)57(48-51)66(19,20)21)73-67(70-49-43-52(61(4,5)6)58(76)53(44-49)62(7,8)9,71-50-45-54(63(10,11)12)59(77)55(46-50)64(13,14)15)74-69(75-68,80-41-38-35-32-29-26-23-2)81-42-39-36-33-30-27-24-3/h43-48,70-78H,22-42H2,1-21H3. The molecule has 0 saturated carbocycles. The Morgan fingerprint density at radius 3 is 0.852 bits per heavy atom. The number of rotatable bonds is 30. The third-order valence-electron chi connectivity index (χ3n) is 15.6. The Kier molecular flexibility index (Phi) is 26.0. The zero-order valence-electron chi connectivity index (χ0n) is 55.4. The lowest BCUT2D eigenvalue weighted by Crippen LogP contribution is -2.88. The Bertz CT molecular complexity index is 2210. The number of nitrogens with one attached hydrogen (secondary N) is 6. The topological polar surface area (TPSA) is 133 Å². The summed E-state index contributed by atoms with van der Waals surface area (Å²) in [6, 6.07) is 12.9. The normalized spacial score (nSPS) is 17.1. The van der Waals surface area contributed by atoms with Gasteiger partial charge in [0.05, 0.1) is 0 Å². The second kappa shape index (κ2) is 29.7. The average Bonchev–Trinajstić information content (AvgIpc) is 3.45. The molecule has 0 spiro atoms. The van der Waals surface area contributed by atoms with Gasteiger partial charge in [-0.1, -0.05) is 242 Å². The number of unbranched alkanes of at least 4 members (excludes halogenated alkanes) is 15. The first-order valence-electron chi connectivity index (χ1n) is 31.7. The Hall–Kier alpha value is -2.61. The average molecular weight is 1180 g/mol. The summed E-state index contributed by atoms with van der Waals surface area (Å²) < 4.78 is -0.802. The Morgan fingerprint density at radius 2 is 0.580 bits per heavy atom. The van der Waals surface area contributed by atoms with Crippen LogP contribution in [0.15, 0.2) is 36.4 Å². The molecule has 1 heterocycles. The van der Waals surface area contributed by atoms with Crippen LogP contribution < -0.4 is 31.9 Å². The van der Waals surface area contributed by atoms with Crippen molar-refractivity contribution in [3.63, 3.8) is 0 Å². The number of benzene rings is 3. The molecule has 0 aromatic heterocycles. The van der Waals surface area contributed by atoms with E-state index in [1.807, 2.05) is 35.3 Å². The zero-order valence-corrected chi connectivity index (χ0v) is 57.8. The summed E-state index contributed by atoms with van der Waals surface area (Å²) in [5.41, 5.74) is 5.65. The van der Waals surface area contributed by atoms with E-state index in [2.05, 4.69) is 214 Å². The zero-order chi connectivity index (χ0) is 60.9. The Labute approximate surface area is 509 Å². The van der Waals surface area contributed by atoms with Crippen molar-refractivity contribution in [1.82, 2.24) is 16.0 Å². The van der Waals surface area contributed by atoms with Gasteiger partial charge in [0, 0.05) is 50.4 Å². The number of phenols is 3. The second-order valence-electron chi connectivity index (χ2n) is 29.9. The maximum atomic E-state index is 12.3. The molecule has 1 saturated heterocycles. The summed E-state index contributed by atoms with van der Waals surface area (Å²) in [7, 11) is 0. The van der Waals surface area contributed by atoms with Gasteiger partial charge in [0.25, 0.3) is 0 Å². The summed E-state index contributed by atoms with van der Waals surface area (Å²) in [4.78, 5) is 0. The highest BCUT2D eigenvalue weighted by Gasteiger charge is 2.56. The molecule has 12 heteroatoms. The predicted octanol–water partition coefficient (Wildman–Crippen LogP) is 20.1. The van der Waals surface area contributed by atoms with Gasteiger partial charge in [0.2, 0.25) is 11.0 Å². The first-order chi connectivity index (χ1) is 37.5. The molecule has 3 aromatic carbocycles. The van der Waals surface area contributed by atoms with E-state index in [9.17, 15) is 15.3 Å². The van der Waals surface area contributed by atoms with E-state index in [-0.39, 0.29) is 32.5 Å². The number of thioether (sulfide) groups is 3. The maximum absolute atomic E-state index is 12.3. The molecule has 0 amide bonds. The summed E-state index contributed by atoms with van der Waals surface area (Å²) in [6.45, 7) is 46.1. The molecule has 462 valence electrons. The molecule has 0 radical (unpaired) electrons. The smallest absolute Gasteiger partial charge is 0.230 e. The summed E-state index contributed by atoms with van der Waals surface area (Å²) in [5.74, 6) is 2.44. The Morgan fingerprint density at radius 1 is 0.333 bits per heavy atom. The Balaban J connectivity index is 2.24. The molecule has 81 heavy (non-hydrogen) atoms. The third kappa shape index (κ3) is 21.1. The highest BCUT2D eigenvalue weighted by Crippen LogP contribution is 2.49. The van der Waals surface area contributed by atoms with Crippen LogP contribution in [0.4, 0.5) is 17.1 Å². The van der Waals surface area contributed by atoms with Gasteiger partial charge in [-0.05, 0) is 105 Å². The lowest BCUT2D eigenvalue weighted by atomic mass is 9.79. The van der Waals surface area contributed by atoms with Crippen molar-refractivity contribution in [2.24, 2.45) is 0 Å². The van der Waals surface area contributed by atoms with Crippen LogP contribution >= 0.6 is 35.3 Å². The van der Waals surface area contributed by atoms with Gasteiger partial charge in [-0.3, -0.25) is 0 Å². The SMILES string of the molecule is CCCCCCCCSC1(Nc2cc(C(C)(C)C)c(O)c(C(C)(C)C)c2)NC(Nc2cc(C(C)(C)C)c(O)c(C(C)(C)C)c2)(Nc2cc(C(C)(C)C)c(O)c(C(C)(C)C)c2)NC(SCCCCCCCC)(SCCCCCCCC)N1. The lowest BCUT2D eigenvalue weighted by Gasteiger charge is -2.58. The number of aromatic hydroxyl groups is 3. The van der Waals surface area contributed by atoms with Crippen LogP contribution in [-0.4, -0.2) is 47.9 Å². The van der Waals surface area contributed by atoms with Gasteiger partial charge in [0.1, 0.15) is 17.2 Å². The molecule has 1 unspecified atom stereocenters. The predicted molar refractivity (Wildman–Crippen MR) is 362 cm³/mol. The minimum absolute atomic E-state index is 0.331. The molecular formula is C69H120N6O3S3. The van der Waals surface area contributed by atoms with Crippen molar-refractivity contribution < 1.29 is 15.3 Å². The molecule has 0 aliphatic carbocycles. The van der Waals surface area contributed by atoms with E-state index in [1.165, 1.54) is 89.9 Å². The lowest BCUT2D eigenvalue weighted by molar-refractivity contribution is 0.171. The van der Waals surface area contributed by atoms with E-state index < -0.39 is 15.4 Å². The molecule has 9 N–H and O–H groups in total. The minimum atomic E-state index is -1.33. The molecule has 0 bridgehead atoms. The van der Waals surface area contributed by atoms with Crippen LogP contribution in [0.25, 0.3) is 0 Å². The highest BCUT2D eigenvalue weighted by atomic mass is 32.2. The van der Waals surface area contributed by atoms with Crippen LogP contribution in [0.2, 0.25) is 0 Å². The largest absolute Gasteiger partial charge is 0.507 e. The van der Waals surface area contributed by atoms with Gasteiger partial charge in [0.15, 0.2) is 4.33 Å². The van der Waals surface area contributed by atoms with Crippen LogP contribution in [-0.2, 0) is 32.5 Å². The van der Waals surface area contributed by atoms with Gasteiger partial charge in [-0.2, -0.15) is 0 Å². The minimum Gasteiger partial charge on any atom is -0.507 e. The van der Waals surface area contributed by atoms with Crippen molar-refractivity contribution in [1.29, 1.82) is 0 Å². The second-order valence-corrected chi connectivity index (χ2v) is 34.1. The number of anilines is 3. The molecular weight excluding hydrogens is 1060 g/mol. The van der Waals surface area contributed by atoms with Gasteiger partial charge >= 0.3 is 0 Å².